The van der Waals surface area contributed by atoms with Crippen molar-refractivity contribution in [3.63, 3.8) is 0 Å². The third kappa shape index (κ3) is 4.27. The molecule has 0 aromatic carbocycles. The summed E-state index contributed by atoms with van der Waals surface area (Å²) < 4.78 is 2.14. The van der Waals surface area contributed by atoms with E-state index in [4.69, 9.17) is 4.98 Å². The minimum absolute atomic E-state index is 0.00366. The monoisotopic (exact) mass is 470 g/mol. The fraction of sp³-hybridized carbons (Fsp3) is 0.542. The predicted molar refractivity (Wildman–Crippen MR) is 131 cm³/mol. The molecule has 0 radical (unpaired) electrons. The number of nitrogens with one attached hydrogen (secondary N) is 1. The minimum Gasteiger partial charge on any atom is -0.353 e. The van der Waals surface area contributed by atoms with Crippen LogP contribution in [0.5, 0.6) is 0 Å². The molecule has 0 unspecified atom stereocenters. The largest absolute Gasteiger partial charge is 0.353 e. The molecule has 5 rings (SSSR count). The van der Waals surface area contributed by atoms with Crippen LogP contribution in [-0.4, -0.2) is 37.6 Å². The van der Waals surface area contributed by atoms with Gasteiger partial charge in [-0.2, -0.15) is 11.8 Å². The molecule has 8 heteroatoms. The Kier molecular flexibility index (Phi) is 6.42. The van der Waals surface area contributed by atoms with Crippen LogP contribution >= 0.6 is 23.1 Å². The third-order valence-corrected chi connectivity index (χ3v) is 8.88. The van der Waals surface area contributed by atoms with Gasteiger partial charge in [0.15, 0.2) is 0 Å². The summed E-state index contributed by atoms with van der Waals surface area (Å²) in [4.78, 5) is 37.7. The molecule has 2 aliphatic rings. The highest BCUT2D eigenvalue weighted by atomic mass is 32.2. The number of likely N-dealkylation sites (tertiary alicyclic amines) is 1. The molecule has 1 aliphatic heterocycles. The number of aryl methyl sites for hydroxylation is 3. The summed E-state index contributed by atoms with van der Waals surface area (Å²) in [6.07, 6.45) is 10.3. The van der Waals surface area contributed by atoms with Gasteiger partial charge in [-0.3, -0.25) is 9.59 Å². The minimum atomic E-state index is -0.00366. The highest BCUT2D eigenvalue weighted by Gasteiger charge is 2.28. The molecule has 3 aromatic rings. The Hall–Kier alpha value is -2.06. The lowest BCUT2D eigenvalue weighted by atomic mass is 10.1. The van der Waals surface area contributed by atoms with Crippen molar-refractivity contribution >= 4 is 39.2 Å². The standard InChI is InChI=1S/C24H30N4O2S2/c1-27-12-6-9-17(27)18-8-3-2-4-13-28(18)21(29)11-14-31-15-20-25-23(30)22-16-7-5-10-19(16)32-24(22)26-20/h6,9,12,18H,2-5,7-8,10-11,13-15H2,1H3,(H,25,26,30)/t18-/m0/s1. The number of hydrogen-bond donors (Lipinski definition) is 1. The normalized spacial score (nSPS) is 18.8. The van der Waals surface area contributed by atoms with Crippen LogP contribution < -0.4 is 5.56 Å². The quantitative estimate of drug-likeness (QED) is 0.536. The molecule has 170 valence electrons. The number of aromatic amines is 1. The average Bonchev–Trinajstić information content (AvgIpc) is 3.42. The second-order valence-corrected chi connectivity index (χ2v) is 11.0. The first-order valence-electron chi connectivity index (χ1n) is 11.6. The summed E-state index contributed by atoms with van der Waals surface area (Å²) in [5.74, 6) is 2.31. The maximum absolute atomic E-state index is 13.1. The summed E-state index contributed by atoms with van der Waals surface area (Å²) in [6.45, 7) is 0.841. The second kappa shape index (κ2) is 9.43. The van der Waals surface area contributed by atoms with Gasteiger partial charge in [-0.05, 0) is 49.8 Å². The molecule has 32 heavy (non-hydrogen) atoms. The third-order valence-electron chi connectivity index (χ3n) is 6.72. The zero-order valence-electron chi connectivity index (χ0n) is 18.6. The van der Waals surface area contributed by atoms with Gasteiger partial charge in [0.1, 0.15) is 10.7 Å². The molecule has 4 heterocycles. The van der Waals surface area contributed by atoms with E-state index in [1.807, 2.05) is 0 Å². The Morgan fingerprint density at radius 1 is 1.28 bits per heavy atom. The van der Waals surface area contributed by atoms with Gasteiger partial charge < -0.3 is 14.5 Å². The molecule has 3 aromatic heterocycles. The Morgan fingerprint density at radius 2 is 2.19 bits per heavy atom. The van der Waals surface area contributed by atoms with E-state index in [2.05, 4.69) is 39.8 Å². The number of thiophene rings is 1. The van der Waals surface area contributed by atoms with Gasteiger partial charge in [-0.25, -0.2) is 4.98 Å². The van der Waals surface area contributed by atoms with E-state index in [-0.39, 0.29) is 17.5 Å². The molecule has 0 spiro atoms. The summed E-state index contributed by atoms with van der Waals surface area (Å²) in [6, 6.07) is 4.38. The zero-order valence-corrected chi connectivity index (χ0v) is 20.2. The molecular formula is C24H30N4O2S2. The summed E-state index contributed by atoms with van der Waals surface area (Å²) in [5, 5.41) is 0.805. The molecule has 1 aliphatic carbocycles. The first-order valence-corrected chi connectivity index (χ1v) is 13.6. The van der Waals surface area contributed by atoms with Crippen LogP contribution in [0.25, 0.3) is 10.2 Å². The molecule has 0 bridgehead atoms. The maximum atomic E-state index is 13.1. The van der Waals surface area contributed by atoms with Gasteiger partial charge in [-0.1, -0.05) is 12.8 Å². The fourth-order valence-corrected chi connectivity index (χ4v) is 7.20. The first-order chi connectivity index (χ1) is 15.6. The molecular weight excluding hydrogens is 440 g/mol. The fourth-order valence-electron chi connectivity index (χ4n) is 5.12. The van der Waals surface area contributed by atoms with Crippen LogP contribution in [0.15, 0.2) is 23.1 Å². The van der Waals surface area contributed by atoms with E-state index < -0.39 is 0 Å². The van der Waals surface area contributed by atoms with Crippen LogP contribution in [0.3, 0.4) is 0 Å². The van der Waals surface area contributed by atoms with Crippen molar-refractivity contribution in [1.29, 1.82) is 0 Å². The average molecular weight is 471 g/mol. The highest BCUT2D eigenvalue weighted by molar-refractivity contribution is 7.98. The predicted octanol–water partition coefficient (Wildman–Crippen LogP) is 4.58. The van der Waals surface area contributed by atoms with Crippen molar-refractivity contribution in [2.45, 2.75) is 63.2 Å². The number of nitrogens with zero attached hydrogens (tertiary/aromatic N) is 3. The number of H-pyrrole nitrogens is 1. The number of carbonyl (C=O) groups is 1. The van der Waals surface area contributed by atoms with Crippen LogP contribution in [0.4, 0.5) is 0 Å². The lowest BCUT2D eigenvalue weighted by Crippen LogP contribution is -2.35. The van der Waals surface area contributed by atoms with Crippen LogP contribution in [0, 0.1) is 0 Å². The number of aromatic nitrogens is 3. The molecule has 0 saturated carbocycles. The highest BCUT2D eigenvalue weighted by Crippen LogP contribution is 2.35. The smallest absolute Gasteiger partial charge is 0.259 e. The Balaban J connectivity index is 1.20. The van der Waals surface area contributed by atoms with E-state index in [1.165, 1.54) is 29.0 Å². The zero-order chi connectivity index (χ0) is 22.1. The number of fused-ring (bicyclic) bond motifs is 3. The van der Waals surface area contributed by atoms with E-state index >= 15 is 0 Å². The van der Waals surface area contributed by atoms with Crippen LogP contribution in [0.1, 0.15) is 66.5 Å². The van der Waals surface area contributed by atoms with Crippen LogP contribution in [-0.2, 0) is 30.4 Å². The van der Waals surface area contributed by atoms with Crippen molar-refractivity contribution < 1.29 is 4.79 Å². The van der Waals surface area contributed by atoms with E-state index in [9.17, 15) is 9.59 Å². The number of rotatable bonds is 6. The Labute approximate surface area is 196 Å². The van der Waals surface area contributed by atoms with Gasteiger partial charge in [-0.15, -0.1) is 11.3 Å². The van der Waals surface area contributed by atoms with Crippen molar-refractivity contribution in [2.24, 2.45) is 7.05 Å². The maximum Gasteiger partial charge on any atom is 0.259 e. The molecule has 1 N–H and O–H groups in total. The number of hydrogen-bond acceptors (Lipinski definition) is 5. The lowest BCUT2D eigenvalue weighted by molar-refractivity contribution is -0.133. The molecule has 1 atom stereocenters. The Bertz CT molecular complexity index is 1180. The van der Waals surface area contributed by atoms with Crippen molar-refractivity contribution in [2.75, 3.05) is 12.3 Å². The summed E-state index contributed by atoms with van der Waals surface area (Å²) in [5.41, 5.74) is 2.44. The molecule has 1 fully saturated rings. The van der Waals surface area contributed by atoms with Gasteiger partial charge >= 0.3 is 0 Å². The summed E-state index contributed by atoms with van der Waals surface area (Å²) >= 11 is 3.35. The van der Waals surface area contributed by atoms with E-state index in [0.717, 1.165) is 60.4 Å². The van der Waals surface area contributed by atoms with Crippen molar-refractivity contribution in [1.82, 2.24) is 19.4 Å². The second-order valence-electron chi connectivity index (χ2n) is 8.85. The molecule has 6 nitrogen and oxygen atoms in total. The van der Waals surface area contributed by atoms with Crippen molar-refractivity contribution in [3.05, 3.63) is 50.6 Å². The first kappa shape index (κ1) is 21.8. The van der Waals surface area contributed by atoms with Gasteiger partial charge in [0.2, 0.25) is 5.91 Å². The van der Waals surface area contributed by atoms with Gasteiger partial charge in [0.05, 0.1) is 17.2 Å². The number of thioether (sulfide) groups is 1. The summed E-state index contributed by atoms with van der Waals surface area (Å²) in [7, 11) is 2.06. The number of amides is 1. The molecule has 1 amide bonds. The number of carbonyl (C=O) groups excluding carboxylic acids is 1. The van der Waals surface area contributed by atoms with Crippen LogP contribution in [0.2, 0.25) is 0 Å². The lowest BCUT2D eigenvalue weighted by Gasteiger charge is -2.30. The topological polar surface area (TPSA) is 71.0 Å². The SMILES string of the molecule is Cn1cccc1[C@@H]1CCCCCN1C(=O)CCSCc1nc2sc3c(c2c(=O)[nH]1)CCC3. The van der Waals surface area contributed by atoms with E-state index in [1.54, 1.807) is 23.1 Å². The van der Waals surface area contributed by atoms with Gasteiger partial charge in [0, 0.05) is 42.5 Å². The van der Waals surface area contributed by atoms with Gasteiger partial charge in [0.25, 0.3) is 5.56 Å². The Morgan fingerprint density at radius 3 is 3.03 bits per heavy atom. The molecule has 1 saturated heterocycles. The van der Waals surface area contributed by atoms with Crippen molar-refractivity contribution in [3.8, 4) is 0 Å². The van der Waals surface area contributed by atoms with E-state index in [0.29, 0.717) is 12.2 Å².